The highest BCUT2D eigenvalue weighted by atomic mass is 35.5. The van der Waals surface area contributed by atoms with Crippen molar-refractivity contribution in [2.24, 2.45) is 5.84 Å². The van der Waals surface area contributed by atoms with E-state index in [4.69, 9.17) is 22.2 Å². The number of aryl methyl sites for hydroxylation is 1. The average molecular weight is 295 g/mol. The average Bonchev–Trinajstić information content (AvgIpc) is 2.42. The molecule has 20 heavy (non-hydrogen) atoms. The fourth-order valence-corrected chi connectivity index (χ4v) is 2.47. The van der Waals surface area contributed by atoms with Crippen LogP contribution >= 0.6 is 11.6 Å². The number of ether oxygens (including phenoxy) is 1. The van der Waals surface area contributed by atoms with Gasteiger partial charge in [-0.05, 0) is 48.4 Å². The Bertz CT molecular complexity index is 619. The largest absolute Gasteiger partial charge is 0.496 e. The first kappa shape index (κ1) is 14.8. The van der Waals surface area contributed by atoms with Gasteiger partial charge < -0.3 is 4.74 Å². The Labute approximate surface area is 122 Å². The molecule has 0 saturated heterocycles. The molecule has 2 aromatic rings. The van der Waals surface area contributed by atoms with Gasteiger partial charge >= 0.3 is 0 Å². The molecule has 2 aromatic carbocycles. The third-order valence-corrected chi connectivity index (χ3v) is 3.45. The van der Waals surface area contributed by atoms with Crippen LogP contribution in [-0.4, -0.2) is 7.11 Å². The number of hydrogen-bond donors (Lipinski definition) is 2. The first-order chi connectivity index (χ1) is 9.56. The van der Waals surface area contributed by atoms with Crippen LogP contribution in [0.25, 0.3) is 0 Å². The van der Waals surface area contributed by atoms with Crippen LogP contribution in [0.1, 0.15) is 22.7 Å². The van der Waals surface area contributed by atoms with Gasteiger partial charge in [0.05, 0.1) is 13.2 Å². The molecule has 3 N–H and O–H groups in total. The summed E-state index contributed by atoms with van der Waals surface area (Å²) in [5.74, 6) is 5.89. The van der Waals surface area contributed by atoms with Crippen LogP contribution in [0.15, 0.2) is 36.4 Å². The van der Waals surface area contributed by atoms with E-state index in [0.29, 0.717) is 16.3 Å². The fourth-order valence-electron chi connectivity index (χ4n) is 2.24. The van der Waals surface area contributed by atoms with Crippen molar-refractivity contribution in [1.29, 1.82) is 0 Å². The fraction of sp³-hybridized carbons (Fsp3) is 0.200. The summed E-state index contributed by atoms with van der Waals surface area (Å²) in [5, 5.41) is 0.647. The minimum absolute atomic E-state index is 0.340. The van der Waals surface area contributed by atoms with Crippen LogP contribution < -0.4 is 16.0 Å². The van der Waals surface area contributed by atoms with Gasteiger partial charge in [0.2, 0.25) is 0 Å². The molecule has 5 heteroatoms. The summed E-state index contributed by atoms with van der Waals surface area (Å²) in [7, 11) is 1.54. The summed E-state index contributed by atoms with van der Waals surface area (Å²) in [6, 6.07) is 9.46. The number of nitrogens with two attached hydrogens (primary N) is 1. The quantitative estimate of drug-likeness (QED) is 0.671. The highest BCUT2D eigenvalue weighted by Crippen LogP contribution is 2.32. The Morgan fingerprint density at radius 1 is 1.20 bits per heavy atom. The molecule has 0 aliphatic rings. The lowest BCUT2D eigenvalue weighted by Crippen LogP contribution is -2.29. The number of hydrogen-bond acceptors (Lipinski definition) is 3. The zero-order valence-electron chi connectivity index (χ0n) is 11.3. The molecule has 3 nitrogen and oxygen atoms in total. The van der Waals surface area contributed by atoms with Crippen molar-refractivity contribution in [3.05, 3.63) is 63.9 Å². The van der Waals surface area contributed by atoms with Crippen LogP contribution in [0.4, 0.5) is 4.39 Å². The minimum Gasteiger partial charge on any atom is -0.496 e. The predicted molar refractivity (Wildman–Crippen MR) is 78.3 cm³/mol. The molecule has 0 bridgehead atoms. The van der Waals surface area contributed by atoms with Crippen LogP contribution in [-0.2, 0) is 0 Å². The van der Waals surface area contributed by atoms with Crippen LogP contribution in [0.3, 0.4) is 0 Å². The molecule has 0 fully saturated rings. The molecule has 2 rings (SSSR count). The van der Waals surface area contributed by atoms with E-state index in [2.05, 4.69) is 5.43 Å². The molecule has 0 radical (unpaired) electrons. The Balaban J connectivity index is 2.54. The van der Waals surface area contributed by atoms with E-state index in [1.807, 2.05) is 19.1 Å². The van der Waals surface area contributed by atoms with Crippen LogP contribution in [0.2, 0.25) is 5.02 Å². The van der Waals surface area contributed by atoms with Gasteiger partial charge in [0.1, 0.15) is 11.6 Å². The molecule has 0 saturated carbocycles. The highest BCUT2D eigenvalue weighted by molar-refractivity contribution is 6.30. The lowest BCUT2D eigenvalue weighted by atomic mass is 9.95. The SMILES string of the molecule is COc1ccc(F)cc1C(NN)c1ccc(Cl)cc1C. The second-order valence-electron chi connectivity index (χ2n) is 4.49. The summed E-state index contributed by atoms with van der Waals surface area (Å²) >= 11 is 5.96. The molecule has 0 spiro atoms. The van der Waals surface area contributed by atoms with E-state index in [1.54, 1.807) is 19.2 Å². The van der Waals surface area contributed by atoms with Gasteiger partial charge in [-0.3, -0.25) is 5.84 Å². The van der Waals surface area contributed by atoms with Crippen LogP contribution in [0.5, 0.6) is 5.75 Å². The monoisotopic (exact) mass is 294 g/mol. The van der Waals surface area contributed by atoms with Crippen molar-refractivity contribution in [2.45, 2.75) is 13.0 Å². The highest BCUT2D eigenvalue weighted by Gasteiger charge is 2.19. The maximum absolute atomic E-state index is 13.5. The van der Waals surface area contributed by atoms with E-state index in [0.717, 1.165) is 11.1 Å². The molecule has 0 heterocycles. The van der Waals surface area contributed by atoms with Gasteiger partial charge in [-0.25, -0.2) is 9.82 Å². The second kappa shape index (κ2) is 6.22. The van der Waals surface area contributed by atoms with Gasteiger partial charge in [0.15, 0.2) is 0 Å². The summed E-state index contributed by atoms with van der Waals surface area (Å²) in [6.07, 6.45) is 0. The van der Waals surface area contributed by atoms with E-state index < -0.39 is 0 Å². The third-order valence-electron chi connectivity index (χ3n) is 3.21. The van der Waals surface area contributed by atoms with Crippen molar-refractivity contribution in [2.75, 3.05) is 7.11 Å². The Hall–Kier alpha value is -1.62. The van der Waals surface area contributed by atoms with Gasteiger partial charge in [0.25, 0.3) is 0 Å². The maximum Gasteiger partial charge on any atom is 0.124 e. The molecule has 1 atom stereocenters. The standard InChI is InChI=1S/C15H16ClFN2O/c1-9-7-10(16)3-5-12(9)15(19-18)13-8-11(17)4-6-14(13)20-2/h3-8,15,19H,18H2,1-2H3. The Kier molecular flexibility index (Phi) is 4.60. The van der Waals surface area contributed by atoms with E-state index in [1.165, 1.54) is 12.1 Å². The number of benzene rings is 2. The number of halogens is 2. The zero-order valence-corrected chi connectivity index (χ0v) is 12.0. The van der Waals surface area contributed by atoms with Crippen molar-refractivity contribution in [3.8, 4) is 5.75 Å². The Morgan fingerprint density at radius 3 is 2.55 bits per heavy atom. The van der Waals surface area contributed by atoms with Crippen molar-refractivity contribution in [3.63, 3.8) is 0 Å². The van der Waals surface area contributed by atoms with Gasteiger partial charge in [-0.15, -0.1) is 0 Å². The maximum atomic E-state index is 13.5. The number of hydrazine groups is 1. The number of methoxy groups -OCH3 is 1. The smallest absolute Gasteiger partial charge is 0.124 e. The van der Waals surface area contributed by atoms with Crippen molar-refractivity contribution in [1.82, 2.24) is 5.43 Å². The first-order valence-electron chi connectivity index (χ1n) is 6.12. The van der Waals surface area contributed by atoms with E-state index in [-0.39, 0.29) is 11.9 Å². The number of rotatable bonds is 4. The van der Waals surface area contributed by atoms with Crippen molar-refractivity contribution < 1.29 is 9.13 Å². The van der Waals surface area contributed by atoms with Crippen molar-refractivity contribution >= 4 is 11.6 Å². The summed E-state index contributed by atoms with van der Waals surface area (Å²) in [6.45, 7) is 1.93. The number of nitrogens with one attached hydrogen (secondary N) is 1. The molecule has 0 aliphatic carbocycles. The lowest BCUT2D eigenvalue weighted by molar-refractivity contribution is 0.402. The predicted octanol–water partition coefficient (Wildman–Crippen LogP) is 3.35. The summed E-state index contributed by atoms with van der Waals surface area (Å²) in [5.41, 5.74) is 5.23. The van der Waals surface area contributed by atoms with E-state index >= 15 is 0 Å². The molecule has 0 aromatic heterocycles. The van der Waals surface area contributed by atoms with E-state index in [9.17, 15) is 4.39 Å². The zero-order chi connectivity index (χ0) is 14.7. The second-order valence-corrected chi connectivity index (χ2v) is 4.92. The van der Waals surface area contributed by atoms with Gasteiger partial charge in [0, 0.05) is 10.6 Å². The van der Waals surface area contributed by atoms with Crippen LogP contribution in [0, 0.1) is 12.7 Å². The van der Waals surface area contributed by atoms with Gasteiger partial charge in [-0.1, -0.05) is 17.7 Å². The Morgan fingerprint density at radius 2 is 1.95 bits per heavy atom. The minimum atomic E-state index is -0.377. The molecule has 106 valence electrons. The first-order valence-corrected chi connectivity index (χ1v) is 6.50. The summed E-state index contributed by atoms with van der Waals surface area (Å²) in [4.78, 5) is 0. The topological polar surface area (TPSA) is 47.3 Å². The molecule has 1 unspecified atom stereocenters. The van der Waals surface area contributed by atoms with Gasteiger partial charge in [-0.2, -0.15) is 0 Å². The molecular weight excluding hydrogens is 279 g/mol. The molecule has 0 aliphatic heterocycles. The normalized spacial score (nSPS) is 12.2. The molecule has 0 amide bonds. The lowest BCUT2D eigenvalue weighted by Gasteiger charge is -2.21. The molecular formula is C15H16ClFN2O. The third kappa shape index (κ3) is 2.93. The summed E-state index contributed by atoms with van der Waals surface area (Å²) < 4.78 is 18.8.